The number of aliphatic hydroxyl groups excluding tert-OH is 2. The second-order valence-electron chi connectivity index (χ2n) is 6.55. The number of amides is 3. The van der Waals surface area contributed by atoms with E-state index in [4.69, 9.17) is 4.74 Å². The monoisotopic (exact) mass is 434 g/mol. The van der Waals surface area contributed by atoms with Crippen LogP contribution in [-0.4, -0.2) is 62.1 Å². The van der Waals surface area contributed by atoms with Gasteiger partial charge in [0.1, 0.15) is 12.2 Å². The molecule has 14 heteroatoms. The highest BCUT2D eigenvalue weighted by atomic mass is 16.6. The molecule has 1 aliphatic rings. The third kappa shape index (κ3) is 4.66. The van der Waals surface area contributed by atoms with Gasteiger partial charge in [0, 0.05) is 30.7 Å². The van der Waals surface area contributed by atoms with Gasteiger partial charge in [-0.1, -0.05) is 0 Å². The van der Waals surface area contributed by atoms with Crippen molar-refractivity contribution in [2.75, 3.05) is 17.7 Å². The first kappa shape index (κ1) is 21.8. The molecule has 1 aromatic heterocycles. The van der Waals surface area contributed by atoms with Crippen LogP contribution in [0.2, 0.25) is 0 Å². The summed E-state index contributed by atoms with van der Waals surface area (Å²) in [6.07, 6.45) is -5.08. The molecule has 2 aromatic rings. The van der Waals surface area contributed by atoms with Crippen molar-refractivity contribution < 1.29 is 24.5 Å². The van der Waals surface area contributed by atoms with E-state index in [1.807, 2.05) is 4.98 Å². The molecule has 0 spiro atoms. The van der Waals surface area contributed by atoms with E-state index in [0.717, 1.165) is 16.8 Å². The predicted molar refractivity (Wildman–Crippen MR) is 105 cm³/mol. The molecule has 3 amide bonds. The van der Waals surface area contributed by atoms with Crippen LogP contribution in [0.3, 0.4) is 0 Å². The molecule has 4 unspecified atom stereocenters. The molecule has 3 rings (SSSR count). The molecule has 0 bridgehead atoms. The lowest BCUT2D eigenvalue weighted by atomic mass is 10.1. The summed E-state index contributed by atoms with van der Waals surface area (Å²) in [5.74, 6) is -0.798. The van der Waals surface area contributed by atoms with Gasteiger partial charge in [0.15, 0.2) is 12.3 Å². The highest BCUT2D eigenvalue weighted by molar-refractivity contribution is 5.95. The number of ether oxygens (including phenoxy) is 1. The Kier molecular flexibility index (Phi) is 6.24. The van der Waals surface area contributed by atoms with Crippen molar-refractivity contribution in [2.45, 2.75) is 24.5 Å². The maximum atomic E-state index is 12.5. The van der Waals surface area contributed by atoms with Crippen LogP contribution in [0.4, 0.5) is 16.2 Å². The molecular weight excluding hydrogens is 416 g/mol. The van der Waals surface area contributed by atoms with E-state index >= 15 is 0 Å². The zero-order valence-corrected chi connectivity index (χ0v) is 16.0. The molecule has 4 atom stereocenters. The predicted octanol–water partition coefficient (Wildman–Crippen LogP) is -1.06. The number of aliphatic hydroxyl groups is 2. The molecule has 14 nitrogen and oxygen atoms in total. The summed E-state index contributed by atoms with van der Waals surface area (Å²) < 4.78 is 6.22. The number of nitroso groups, excluding NO2 is 1. The van der Waals surface area contributed by atoms with Gasteiger partial charge in [-0.3, -0.25) is 19.1 Å². The summed E-state index contributed by atoms with van der Waals surface area (Å²) in [4.78, 5) is 59.5. The Hall–Kier alpha value is -3.88. The fraction of sp³-hybridized carbons (Fsp3) is 0.294. The normalized spacial score (nSPS) is 22.5. The van der Waals surface area contributed by atoms with Gasteiger partial charge >= 0.3 is 11.7 Å². The third-order valence-corrected chi connectivity index (χ3v) is 4.44. The fourth-order valence-corrected chi connectivity index (χ4v) is 2.83. The van der Waals surface area contributed by atoms with Crippen LogP contribution in [0, 0.1) is 4.91 Å². The van der Waals surface area contributed by atoms with Crippen molar-refractivity contribution in [3.63, 3.8) is 0 Å². The lowest BCUT2D eigenvalue weighted by Crippen LogP contribution is -2.39. The van der Waals surface area contributed by atoms with Crippen molar-refractivity contribution in [2.24, 2.45) is 5.29 Å². The molecule has 2 heterocycles. The summed E-state index contributed by atoms with van der Waals surface area (Å²) >= 11 is 0. The van der Waals surface area contributed by atoms with Gasteiger partial charge in [-0.15, -0.1) is 4.91 Å². The number of hydrogen-bond acceptors (Lipinski definition) is 9. The number of urea groups is 1. The van der Waals surface area contributed by atoms with Crippen molar-refractivity contribution >= 4 is 23.3 Å². The van der Waals surface area contributed by atoms with Gasteiger partial charge < -0.3 is 25.6 Å². The summed E-state index contributed by atoms with van der Waals surface area (Å²) in [5, 5.41) is 28.3. The number of carbonyl (C=O) groups is 2. The van der Waals surface area contributed by atoms with Gasteiger partial charge in [0.05, 0.1) is 5.29 Å². The van der Waals surface area contributed by atoms with Crippen LogP contribution in [0.1, 0.15) is 6.23 Å². The Morgan fingerprint density at radius 2 is 1.71 bits per heavy atom. The minimum atomic E-state index is -1.64. The van der Waals surface area contributed by atoms with E-state index in [1.54, 1.807) is 0 Å². The zero-order chi connectivity index (χ0) is 22.7. The molecule has 1 fully saturated rings. The van der Waals surface area contributed by atoms with E-state index in [-0.39, 0.29) is 5.69 Å². The number of nitrogens with one attached hydrogen (secondary N) is 3. The number of H-pyrrole nitrogens is 1. The number of anilines is 2. The zero-order valence-electron chi connectivity index (χ0n) is 16.0. The van der Waals surface area contributed by atoms with Crippen molar-refractivity contribution in [3.05, 3.63) is 62.3 Å². The average molecular weight is 434 g/mol. The number of aromatic amines is 1. The molecule has 0 saturated carbocycles. The molecule has 164 valence electrons. The van der Waals surface area contributed by atoms with Crippen LogP contribution < -0.4 is 21.9 Å². The standard InChI is InChI=1S/C17H18N6O8/c1-22(21-30)16(28)19-9-4-2-8(3-5-9)18-14(27)13-11(25)12(26)15(31-13)23-7-6-10(24)20-17(23)29/h2-7,11-13,15,25-26H,1H3,(H,18,27)(H,19,28)(H,20,24,29). The quantitative estimate of drug-likeness (QED) is 0.290. The van der Waals surface area contributed by atoms with Crippen molar-refractivity contribution in [1.82, 2.24) is 14.6 Å². The lowest BCUT2D eigenvalue weighted by molar-refractivity contribution is -0.132. The number of rotatable bonds is 5. The molecule has 1 aromatic carbocycles. The van der Waals surface area contributed by atoms with Crippen molar-refractivity contribution in [3.8, 4) is 0 Å². The second-order valence-corrected chi connectivity index (χ2v) is 6.55. The Labute approximate surface area is 173 Å². The molecule has 5 N–H and O–H groups in total. The Balaban J connectivity index is 1.67. The third-order valence-electron chi connectivity index (χ3n) is 4.44. The van der Waals surface area contributed by atoms with Gasteiger partial charge in [0.2, 0.25) is 0 Å². The topological polar surface area (TPSA) is 195 Å². The number of carbonyl (C=O) groups excluding carboxylic acids is 2. The highest BCUT2D eigenvalue weighted by Gasteiger charge is 2.47. The van der Waals surface area contributed by atoms with Crippen LogP contribution in [-0.2, 0) is 9.53 Å². The van der Waals surface area contributed by atoms with Gasteiger partial charge in [-0.05, 0) is 24.3 Å². The highest BCUT2D eigenvalue weighted by Crippen LogP contribution is 2.29. The average Bonchev–Trinajstić information content (AvgIpc) is 3.03. The van der Waals surface area contributed by atoms with Gasteiger partial charge in [0.25, 0.3) is 11.5 Å². The smallest absolute Gasteiger partial charge is 0.344 e. The maximum absolute atomic E-state index is 12.5. The van der Waals surface area contributed by atoms with Crippen LogP contribution in [0.5, 0.6) is 0 Å². The Morgan fingerprint density at radius 1 is 1.10 bits per heavy atom. The van der Waals surface area contributed by atoms with Gasteiger partial charge in [-0.25, -0.2) is 9.59 Å². The first-order chi connectivity index (χ1) is 14.7. The fourth-order valence-electron chi connectivity index (χ4n) is 2.83. The summed E-state index contributed by atoms with van der Waals surface area (Å²) in [6, 6.07) is 6.02. The Morgan fingerprint density at radius 3 is 2.29 bits per heavy atom. The second kappa shape index (κ2) is 8.86. The molecule has 1 aliphatic heterocycles. The number of benzene rings is 1. The molecule has 1 saturated heterocycles. The molecular formula is C17H18N6O8. The number of aromatic nitrogens is 2. The first-order valence-electron chi connectivity index (χ1n) is 8.83. The molecule has 0 aliphatic carbocycles. The van der Waals surface area contributed by atoms with E-state index in [1.165, 1.54) is 31.3 Å². The van der Waals surface area contributed by atoms with E-state index in [0.29, 0.717) is 10.7 Å². The molecule has 31 heavy (non-hydrogen) atoms. The maximum Gasteiger partial charge on any atom is 0.344 e. The number of hydrogen-bond donors (Lipinski definition) is 5. The SMILES string of the molecule is CN(N=O)C(=O)Nc1ccc(NC(=O)C2OC(n3ccc(=O)[nH]c3=O)C(O)C2O)cc1. The summed E-state index contributed by atoms with van der Waals surface area (Å²) in [5.41, 5.74) is -0.932. The van der Waals surface area contributed by atoms with Crippen LogP contribution >= 0.6 is 0 Å². The Bertz CT molecular complexity index is 1100. The summed E-state index contributed by atoms with van der Waals surface area (Å²) in [7, 11) is 1.17. The minimum absolute atomic E-state index is 0.278. The van der Waals surface area contributed by atoms with Gasteiger partial charge in [-0.2, -0.15) is 5.01 Å². The van der Waals surface area contributed by atoms with E-state index < -0.39 is 47.7 Å². The molecule has 0 radical (unpaired) electrons. The van der Waals surface area contributed by atoms with E-state index in [9.17, 15) is 34.3 Å². The van der Waals surface area contributed by atoms with Crippen LogP contribution in [0.25, 0.3) is 0 Å². The first-order valence-corrected chi connectivity index (χ1v) is 8.83. The summed E-state index contributed by atoms with van der Waals surface area (Å²) in [6.45, 7) is 0. The van der Waals surface area contributed by atoms with Crippen LogP contribution in [0.15, 0.2) is 51.4 Å². The van der Waals surface area contributed by atoms with Crippen molar-refractivity contribution in [1.29, 1.82) is 0 Å². The lowest BCUT2D eigenvalue weighted by Gasteiger charge is -2.16. The van der Waals surface area contributed by atoms with E-state index in [2.05, 4.69) is 15.9 Å². The number of nitrogens with zero attached hydrogens (tertiary/aromatic N) is 3. The largest absolute Gasteiger partial charge is 0.387 e. The minimum Gasteiger partial charge on any atom is -0.387 e.